The van der Waals surface area contributed by atoms with Gasteiger partial charge in [0.1, 0.15) is 6.42 Å². The molecule has 0 spiro atoms. The maximum Gasteiger partial charge on any atom is 0.314 e. The van der Waals surface area contributed by atoms with Crippen LogP contribution >= 0.6 is 12.4 Å². The van der Waals surface area contributed by atoms with Crippen LogP contribution in [0.2, 0.25) is 0 Å². The average molecular weight is 550 g/mol. The minimum Gasteiger partial charge on any atom is -0.481 e. The Hall–Kier alpha value is -1.80. The molecule has 0 aliphatic carbocycles. The normalized spacial score (nSPS) is 10.6. The first kappa shape index (κ1) is 39.7. The van der Waals surface area contributed by atoms with Crippen molar-refractivity contribution in [3.05, 3.63) is 0 Å². The molecular formula is C28H52ClNO7. The number of Topliss-reactive ketones (excluding diaryl/α,β-unsaturated/α-hetero) is 3. The van der Waals surface area contributed by atoms with Crippen molar-refractivity contribution >= 4 is 41.7 Å². The van der Waals surface area contributed by atoms with Gasteiger partial charge in [0.25, 0.3) is 0 Å². The maximum absolute atomic E-state index is 12.9. The van der Waals surface area contributed by atoms with Crippen LogP contribution in [0, 0.1) is 0 Å². The zero-order valence-corrected chi connectivity index (χ0v) is 24.2. The van der Waals surface area contributed by atoms with Gasteiger partial charge in [0.15, 0.2) is 22.9 Å². The summed E-state index contributed by atoms with van der Waals surface area (Å²) in [5, 5.41) is 15.4. The first-order valence-electron chi connectivity index (χ1n) is 13.9. The Bertz CT molecular complexity index is 576. The molecule has 0 heterocycles. The Labute approximate surface area is 229 Å². The summed E-state index contributed by atoms with van der Waals surface area (Å²) in [5.74, 6) is -3.69. The van der Waals surface area contributed by atoms with Crippen molar-refractivity contribution in [1.82, 2.24) is 0 Å². The Morgan fingerprint density at radius 1 is 0.514 bits per heavy atom. The fourth-order valence-electron chi connectivity index (χ4n) is 3.85. The Balaban J connectivity index is -0.00000126. The molecule has 0 unspecified atom stereocenters. The first-order valence-corrected chi connectivity index (χ1v) is 13.9. The number of ketones is 3. The molecule has 0 aromatic heterocycles. The van der Waals surface area contributed by atoms with Crippen molar-refractivity contribution in [2.75, 3.05) is 0 Å². The van der Waals surface area contributed by atoms with E-state index in [0.29, 0.717) is 19.3 Å². The molecule has 37 heavy (non-hydrogen) atoms. The highest BCUT2D eigenvalue weighted by molar-refractivity contribution is 6.29. The number of hydrogen-bond acceptors (Lipinski definition) is 6. The number of hydrogen-bond donors (Lipinski definition) is 3. The minimum atomic E-state index is -1.90. The SMILES string of the molecule is CCCCCCCC(=O)C(N)(C(=O)CCCCCCC)C(=O)CCCCCCC.Cl.O=C(O)CC(=O)O. The topological polar surface area (TPSA) is 152 Å². The van der Waals surface area contributed by atoms with Crippen LogP contribution in [0.15, 0.2) is 0 Å². The van der Waals surface area contributed by atoms with Gasteiger partial charge in [-0.2, -0.15) is 0 Å². The quantitative estimate of drug-likeness (QED) is 0.0971. The molecule has 4 N–H and O–H groups in total. The van der Waals surface area contributed by atoms with Gasteiger partial charge in [-0.15, -0.1) is 12.4 Å². The number of nitrogens with two attached hydrogens (primary N) is 1. The average Bonchev–Trinajstić information content (AvgIpc) is 2.82. The molecule has 218 valence electrons. The number of carboxylic acids is 2. The van der Waals surface area contributed by atoms with E-state index in [2.05, 4.69) is 20.8 Å². The number of carboxylic acid groups (broad SMARTS) is 2. The summed E-state index contributed by atoms with van der Waals surface area (Å²) in [6.45, 7) is 6.44. The van der Waals surface area contributed by atoms with E-state index in [1.807, 2.05) is 0 Å². The molecule has 0 fully saturated rings. The third-order valence-corrected chi connectivity index (χ3v) is 6.14. The second-order valence-electron chi connectivity index (χ2n) is 9.53. The number of unbranched alkanes of at least 4 members (excludes halogenated alkanes) is 12. The van der Waals surface area contributed by atoms with Crippen molar-refractivity contribution in [1.29, 1.82) is 0 Å². The van der Waals surface area contributed by atoms with E-state index in [1.165, 1.54) is 0 Å². The van der Waals surface area contributed by atoms with E-state index in [4.69, 9.17) is 15.9 Å². The number of halogens is 1. The van der Waals surface area contributed by atoms with Crippen LogP contribution in [0.5, 0.6) is 0 Å². The molecule has 0 aromatic carbocycles. The molecule has 0 radical (unpaired) electrons. The standard InChI is InChI=1S/C25H47NO3.C3H4O4.ClH/c1-4-7-10-13-16-19-22(27)25(26,23(28)20-17-14-11-8-5-2)24(29)21-18-15-12-9-6-3;4-2(5)1-3(6)7;/h4-21,26H2,1-3H3;1H2,(H,4,5)(H,6,7);1H. The lowest BCUT2D eigenvalue weighted by atomic mass is 9.79. The van der Waals surface area contributed by atoms with Crippen LogP contribution in [-0.4, -0.2) is 45.0 Å². The lowest BCUT2D eigenvalue weighted by Gasteiger charge is -2.25. The van der Waals surface area contributed by atoms with E-state index < -0.39 is 23.9 Å². The van der Waals surface area contributed by atoms with E-state index in [-0.39, 0.29) is 49.0 Å². The zero-order chi connectivity index (χ0) is 27.8. The fourth-order valence-corrected chi connectivity index (χ4v) is 3.85. The second-order valence-corrected chi connectivity index (χ2v) is 9.53. The van der Waals surface area contributed by atoms with Crippen LogP contribution in [-0.2, 0) is 24.0 Å². The van der Waals surface area contributed by atoms with Crippen molar-refractivity contribution in [3.8, 4) is 0 Å². The fraction of sp³-hybridized carbons (Fsp3) is 0.821. The molecule has 0 rings (SSSR count). The molecule has 0 saturated heterocycles. The summed E-state index contributed by atoms with van der Waals surface area (Å²) < 4.78 is 0. The van der Waals surface area contributed by atoms with Gasteiger partial charge in [-0.3, -0.25) is 24.0 Å². The van der Waals surface area contributed by atoms with Gasteiger partial charge in [-0.1, -0.05) is 97.8 Å². The molecule has 9 heteroatoms. The van der Waals surface area contributed by atoms with E-state index in [1.54, 1.807) is 0 Å². The molecule has 0 aliphatic rings. The number of carbonyl (C=O) groups is 5. The smallest absolute Gasteiger partial charge is 0.314 e. The van der Waals surface area contributed by atoms with Gasteiger partial charge < -0.3 is 15.9 Å². The Kier molecular flexibility index (Phi) is 27.7. The predicted molar refractivity (Wildman–Crippen MR) is 149 cm³/mol. The van der Waals surface area contributed by atoms with Crippen molar-refractivity contribution in [3.63, 3.8) is 0 Å². The highest BCUT2D eigenvalue weighted by Gasteiger charge is 2.46. The van der Waals surface area contributed by atoms with E-state index in [9.17, 15) is 24.0 Å². The maximum atomic E-state index is 12.9. The van der Waals surface area contributed by atoms with Gasteiger partial charge in [0.05, 0.1) is 0 Å². The zero-order valence-electron chi connectivity index (χ0n) is 23.4. The van der Waals surface area contributed by atoms with Gasteiger partial charge in [-0.25, -0.2) is 0 Å². The van der Waals surface area contributed by atoms with Crippen LogP contribution in [0.3, 0.4) is 0 Å². The molecule has 0 bridgehead atoms. The van der Waals surface area contributed by atoms with Crippen molar-refractivity contribution in [2.24, 2.45) is 5.73 Å². The summed E-state index contributed by atoms with van der Waals surface area (Å²) >= 11 is 0. The summed E-state index contributed by atoms with van der Waals surface area (Å²) in [6, 6.07) is 0. The molecule has 0 amide bonds. The predicted octanol–water partition coefficient (Wildman–Crippen LogP) is 6.44. The number of aliphatic carboxylic acids is 2. The second kappa shape index (κ2) is 25.8. The highest BCUT2D eigenvalue weighted by Crippen LogP contribution is 2.20. The van der Waals surface area contributed by atoms with Crippen LogP contribution in [0.25, 0.3) is 0 Å². The van der Waals surface area contributed by atoms with E-state index in [0.717, 1.165) is 77.0 Å². The molecule has 0 aliphatic heterocycles. The minimum absolute atomic E-state index is 0. The molecule has 0 saturated carbocycles. The van der Waals surface area contributed by atoms with Gasteiger partial charge in [0, 0.05) is 19.3 Å². The third kappa shape index (κ3) is 20.9. The summed E-state index contributed by atoms with van der Waals surface area (Å²) in [5.41, 5.74) is 4.40. The van der Waals surface area contributed by atoms with E-state index >= 15 is 0 Å². The highest BCUT2D eigenvalue weighted by atomic mass is 35.5. The lowest BCUT2D eigenvalue weighted by molar-refractivity contribution is -0.148. The lowest BCUT2D eigenvalue weighted by Crippen LogP contribution is -2.61. The Morgan fingerprint density at radius 3 is 0.946 bits per heavy atom. The van der Waals surface area contributed by atoms with Crippen LogP contribution < -0.4 is 5.73 Å². The molecule has 8 nitrogen and oxygen atoms in total. The van der Waals surface area contributed by atoms with Crippen LogP contribution in [0.1, 0.15) is 143 Å². The summed E-state index contributed by atoms with van der Waals surface area (Å²) in [7, 11) is 0. The monoisotopic (exact) mass is 549 g/mol. The molecular weight excluding hydrogens is 498 g/mol. The van der Waals surface area contributed by atoms with Gasteiger partial charge in [-0.05, 0) is 19.3 Å². The molecule has 0 aromatic rings. The van der Waals surface area contributed by atoms with Gasteiger partial charge in [0.2, 0.25) is 0 Å². The number of carbonyl (C=O) groups excluding carboxylic acids is 3. The van der Waals surface area contributed by atoms with Crippen molar-refractivity contribution < 1.29 is 34.2 Å². The summed E-state index contributed by atoms with van der Waals surface area (Å²) in [4.78, 5) is 57.5. The first-order chi connectivity index (χ1) is 17.1. The summed E-state index contributed by atoms with van der Waals surface area (Å²) in [6.07, 6.45) is 15.0. The Morgan fingerprint density at radius 2 is 0.757 bits per heavy atom. The largest absolute Gasteiger partial charge is 0.481 e. The third-order valence-electron chi connectivity index (χ3n) is 6.14. The molecule has 0 atom stereocenters. The van der Waals surface area contributed by atoms with Crippen LogP contribution in [0.4, 0.5) is 0 Å². The van der Waals surface area contributed by atoms with Gasteiger partial charge >= 0.3 is 11.9 Å². The number of rotatable bonds is 23. The van der Waals surface area contributed by atoms with Crippen molar-refractivity contribution in [2.45, 2.75) is 148 Å².